The fourth-order valence-corrected chi connectivity index (χ4v) is 6.76. The van der Waals surface area contributed by atoms with Gasteiger partial charge in [-0.2, -0.15) is 0 Å². The Hall–Kier alpha value is -3.53. The van der Waals surface area contributed by atoms with Crippen molar-refractivity contribution in [2.45, 2.75) is 86.5 Å². The van der Waals surface area contributed by atoms with Crippen molar-refractivity contribution in [2.75, 3.05) is 0 Å². The summed E-state index contributed by atoms with van der Waals surface area (Å²) in [5.74, 6) is 0.547. The van der Waals surface area contributed by atoms with E-state index < -0.39 is 0 Å². The molecule has 5 aromatic rings. The first-order chi connectivity index (χ1) is 21.6. The number of aryl methyl sites for hydroxylation is 2. The second kappa shape index (κ2) is 14.5. The van der Waals surface area contributed by atoms with E-state index in [9.17, 15) is 9.90 Å². The molecule has 5 heteroatoms. The van der Waals surface area contributed by atoms with E-state index in [1.54, 1.807) is 0 Å². The van der Waals surface area contributed by atoms with Crippen LogP contribution in [0.2, 0.25) is 0 Å². The summed E-state index contributed by atoms with van der Waals surface area (Å²) in [5.41, 5.74) is 10.8. The third kappa shape index (κ3) is 6.37. The molecule has 6 rings (SSSR count). The molecule has 46 heavy (non-hydrogen) atoms. The minimum atomic E-state index is -0.209. The van der Waals surface area contributed by atoms with E-state index in [0.717, 1.165) is 64.6 Å². The number of benzene rings is 3. The summed E-state index contributed by atoms with van der Waals surface area (Å²) < 4.78 is 6.61. The van der Waals surface area contributed by atoms with Gasteiger partial charge in [-0.25, -0.2) is 0 Å². The number of hydrogen-bond donors (Lipinski definition) is 1. The molecule has 1 aliphatic rings. The molecule has 0 aliphatic heterocycles. The topological polar surface area (TPSA) is 63.3 Å². The summed E-state index contributed by atoms with van der Waals surface area (Å²) in [6.45, 7) is 16.9. The maximum atomic E-state index is 11.7. The summed E-state index contributed by atoms with van der Waals surface area (Å²) >= 11 is 0. The zero-order chi connectivity index (χ0) is 32.5. The van der Waals surface area contributed by atoms with E-state index >= 15 is 0 Å². The fourth-order valence-electron chi connectivity index (χ4n) is 6.76. The number of fused-ring (bicyclic) bond motifs is 2. The molecule has 0 bridgehead atoms. The monoisotopic (exact) mass is 793 g/mol. The van der Waals surface area contributed by atoms with Crippen molar-refractivity contribution in [1.82, 2.24) is 4.98 Å². The molecule has 0 fully saturated rings. The van der Waals surface area contributed by atoms with Crippen LogP contribution in [0.15, 0.2) is 77.0 Å². The van der Waals surface area contributed by atoms with E-state index in [0.29, 0.717) is 0 Å². The van der Waals surface area contributed by atoms with Gasteiger partial charge in [-0.3, -0.25) is 4.79 Å². The third-order valence-electron chi connectivity index (χ3n) is 9.65. The van der Waals surface area contributed by atoms with Gasteiger partial charge in [0.25, 0.3) is 0 Å². The Morgan fingerprint density at radius 3 is 2.20 bits per heavy atom. The van der Waals surface area contributed by atoms with Gasteiger partial charge in [0.15, 0.2) is 5.78 Å². The minimum Gasteiger partial charge on any atom is -0.512 e. The molecule has 243 valence electrons. The van der Waals surface area contributed by atoms with Crippen LogP contribution in [0.4, 0.5) is 0 Å². The van der Waals surface area contributed by atoms with E-state index in [1.165, 1.54) is 33.7 Å². The first kappa shape index (κ1) is 35.3. The Kier molecular flexibility index (Phi) is 11.1. The molecule has 1 radical (unpaired) electrons. The number of furan rings is 1. The van der Waals surface area contributed by atoms with Crippen molar-refractivity contribution < 1.29 is 34.4 Å². The number of hydrogen-bond acceptors (Lipinski definition) is 4. The van der Waals surface area contributed by atoms with Crippen LogP contribution in [-0.4, -0.2) is 15.9 Å². The number of carbonyl (C=O) groups is 1. The predicted octanol–water partition coefficient (Wildman–Crippen LogP) is 11.2. The molecule has 0 spiro atoms. The molecular weight excluding hydrogens is 747 g/mol. The number of ketones is 1. The smallest absolute Gasteiger partial charge is 0.162 e. The van der Waals surface area contributed by atoms with Crippen molar-refractivity contribution in [3.8, 4) is 22.4 Å². The van der Waals surface area contributed by atoms with Crippen LogP contribution in [0.5, 0.6) is 0 Å². The molecule has 0 unspecified atom stereocenters. The van der Waals surface area contributed by atoms with Crippen LogP contribution in [0, 0.1) is 31.7 Å². The number of nitrogens with zero attached hydrogens (tertiary/aromatic N) is 1. The zero-order valence-electron chi connectivity index (χ0n) is 28.4. The molecular formula is C41H46IrNO3-. The first-order valence-electron chi connectivity index (χ1n) is 16.4. The van der Waals surface area contributed by atoms with E-state index in [2.05, 4.69) is 76.2 Å². The van der Waals surface area contributed by atoms with Crippen LogP contribution in [0.25, 0.3) is 44.3 Å². The molecule has 0 atom stereocenters. The fraction of sp³-hybridized carbons (Fsp3) is 0.366. The van der Waals surface area contributed by atoms with Crippen molar-refractivity contribution in [2.24, 2.45) is 11.8 Å². The van der Waals surface area contributed by atoms with Gasteiger partial charge >= 0.3 is 0 Å². The number of pyridine rings is 1. The molecule has 1 aliphatic carbocycles. The van der Waals surface area contributed by atoms with Crippen LogP contribution in [0.1, 0.15) is 89.5 Å². The Morgan fingerprint density at radius 2 is 1.57 bits per heavy atom. The maximum absolute atomic E-state index is 11.7. The summed E-state index contributed by atoms with van der Waals surface area (Å²) in [7, 11) is 0. The van der Waals surface area contributed by atoms with Crippen molar-refractivity contribution in [1.29, 1.82) is 0 Å². The van der Waals surface area contributed by atoms with Crippen LogP contribution in [0.3, 0.4) is 0 Å². The van der Waals surface area contributed by atoms with Crippen LogP contribution in [-0.2, 0) is 30.3 Å². The van der Waals surface area contributed by atoms with E-state index in [1.807, 2.05) is 46.0 Å². The molecule has 2 aromatic heterocycles. The quantitative estimate of drug-likeness (QED) is 0.0966. The van der Waals surface area contributed by atoms with Gasteiger partial charge in [0.2, 0.25) is 0 Å². The number of rotatable bonds is 8. The second-order valence-electron chi connectivity index (χ2n) is 12.9. The molecule has 0 amide bonds. The van der Waals surface area contributed by atoms with Crippen molar-refractivity contribution in [3.63, 3.8) is 0 Å². The number of aromatic nitrogens is 1. The molecule has 0 saturated heterocycles. The van der Waals surface area contributed by atoms with Gasteiger partial charge in [0.05, 0.1) is 11.3 Å². The van der Waals surface area contributed by atoms with Gasteiger partial charge in [-0.15, -0.1) is 17.7 Å². The summed E-state index contributed by atoms with van der Waals surface area (Å²) in [5, 5.41) is 12.1. The Morgan fingerprint density at radius 1 is 0.913 bits per heavy atom. The molecule has 2 heterocycles. The zero-order valence-corrected chi connectivity index (χ0v) is 30.8. The second-order valence-corrected chi connectivity index (χ2v) is 12.9. The third-order valence-corrected chi connectivity index (χ3v) is 9.65. The van der Waals surface area contributed by atoms with E-state index in [-0.39, 0.29) is 48.9 Å². The molecule has 4 nitrogen and oxygen atoms in total. The van der Waals surface area contributed by atoms with Gasteiger partial charge in [-0.1, -0.05) is 114 Å². The average Bonchev–Trinajstić information content (AvgIpc) is 3.41. The van der Waals surface area contributed by atoms with Crippen molar-refractivity contribution in [3.05, 3.63) is 101 Å². The molecule has 3 aromatic carbocycles. The van der Waals surface area contributed by atoms with Gasteiger partial charge in [0, 0.05) is 55.2 Å². The number of aliphatic hydroxyl groups excluding tert-OH is 1. The van der Waals surface area contributed by atoms with Gasteiger partial charge in [0.1, 0.15) is 5.58 Å². The molecule has 1 N–H and O–H groups in total. The Labute approximate surface area is 287 Å². The first-order valence-corrected chi connectivity index (χ1v) is 16.4. The van der Waals surface area contributed by atoms with Gasteiger partial charge < -0.3 is 14.5 Å². The number of carbonyl (C=O) groups excluding carboxylic acids is 1. The standard InChI is InChI=1S/C28H22NO.C13H24O2.Ir/c1-16-14-22-25(29-15-16)20-11-10-17(2)26-23(20)24-21(28(22,3)4)13-12-19(27(24)30-26)18-8-6-5-7-9-18;1-5-10(6-2)12(14)9-13(15)11(7-3)8-4;/h5-10,12-15H,1-4H3;9-11,14H,5-8H2,1-4H3;/q-1;;/b;12-9-;. The number of aliphatic hydroxyl groups is 1. The Balaban J connectivity index is 0.000000259. The average molecular weight is 793 g/mol. The molecule has 0 saturated carbocycles. The Bertz CT molecular complexity index is 1880. The van der Waals surface area contributed by atoms with Crippen LogP contribution < -0.4 is 0 Å². The normalized spacial score (nSPS) is 13.4. The van der Waals surface area contributed by atoms with Gasteiger partial charge in [-0.05, 0) is 60.4 Å². The maximum Gasteiger partial charge on any atom is 0.162 e. The SMILES string of the molecule is CCC(CC)C(=O)/C=C(\O)C(CC)CC.Cc1cnc2c(c1)C(C)(C)c1ccc(-c3ccccc3)c3oc4c(C)c[c-]c-2c4c13.[Ir]. The van der Waals surface area contributed by atoms with Crippen LogP contribution >= 0.6 is 0 Å². The van der Waals surface area contributed by atoms with Crippen molar-refractivity contribution >= 4 is 27.7 Å². The van der Waals surface area contributed by atoms with E-state index in [4.69, 9.17) is 9.40 Å². The number of allylic oxidation sites excluding steroid dienone is 2. The summed E-state index contributed by atoms with van der Waals surface area (Å²) in [6.07, 6.45) is 6.86. The minimum absolute atomic E-state index is 0. The largest absolute Gasteiger partial charge is 0.512 e. The predicted molar refractivity (Wildman–Crippen MR) is 187 cm³/mol. The summed E-state index contributed by atoms with van der Waals surface area (Å²) in [6, 6.07) is 22.8. The summed E-state index contributed by atoms with van der Waals surface area (Å²) in [4.78, 5) is 16.6.